The Morgan fingerprint density at radius 3 is 1.91 bits per heavy atom. The summed E-state index contributed by atoms with van der Waals surface area (Å²) in [5, 5.41) is 14.7. The van der Waals surface area contributed by atoms with Crippen LogP contribution in [0.5, 0.6) is 0 Å². The van der Waals surface area contributed by atoms with Gasteiger partial charge in [-0.2, -0.15) is 0 Å². The molecule has 2 N–H and O–H groups in total. The number of carbonyl (C=O) groups excluding carboxylic acids is 2. The van der Waals surface area contributed by atoms with Crippen molar-refractivity contribution < 1.29 is 24.2 Å². The van der Waals surface area contributed by atoms with Gasteiger partial charge in [0.1, 0.15) is 5.76 Å². The number of esters is 2. The van der Waals surface area contributed by atoms with Crippen LogP contribution in [0, 0.1) is 5.41 Å². The van der Waals surface area contributed by atoms with E-state index in [-0.39, 0.29) is 30.5 Å². The van der Waals surface area contributed by atoms with Crippen molar-refractivity contribution in [2.24, 2.45) is 20.4 Å². The highest BCUT2D eigenvalue weighted by Crippen LogP contribution is 2.42. The van der Waals surface area contributed by atoms with E-state index >= 15 is 0 Å². The molecule has 43 heavy (non-hydrogen) atoms. The molecule has 0 atom stereocenters. The van der Waals surface area contributed by atoms with Gasteiger partial charge in [-0.05, 0) is 112 Å². The fraction of sp³-hybridized carbons (Fsp3) is 0.382. The molecular weight excluding hydrogens is 544 g/mol. The van der Waals surface area contributed by atoms with E-state index in [9.17, 15) is 14.7 Å². The predicted molar refractivity (Wildman–Crippen MR) is 167 cm³/mol. The lowest BCUT2D eigenvalue weighted by atomic mass is 9.87. The molecular formula is C34H38N4O5. The number of aliphatic hydroxyl groups is 1. The van der Waals surface area contributed by atoms with E-state index in [1.807, 2.05) is 65.8 Å². The zero-order valence-corrected chi connectivity index (χ0v) is 26.1. The predicted octanol–water partition coefficient (Wildman–Crippen LogP) is 6.17. The molecule has 5 heterocycles. The molecule has 5 aliphatic heterocycles. The molecule has 5 aliphatic rings. The van der Waals surface area contributed by atoms with Crippen LogP contribution in [0.4, 0.5) is 0 Å². The molecule has 0 spiro atoms. The van der Waals surface area contributed by atoms with Crippen LogP contribution in [0.15, 0.2) is 107 Å². The summed E-state index contributed by atoms with van der Waals surface area (Å²) in [6.45, 7) is 12.0. The summed E-state index contributed by atoms with van der Waals surface area (Å²) in [6.07, 6.45) is 9.03. The number of aliphatic imine (C=N–C) groups is 3. The largest absolute Gasteiger partial charge is 0.509 e. The smallest absolute Gasteiger partial charge is 0.305 e. The summed E-state index contributed by atoms with van der Waals surface area (Å²) in [5.74, 6) is -0.397. The molecule has 5 rings (SSSR count). The van der Waals surface area contributed by atoms with Crippen molar-refractivity contribution in [3.05, 3.63) is 92.0 Å². The fourth-order valence-corrected chi connectivity index (χ4v) is 5.71. The molecule has 0 amide bonds. The SMILES string of the molecule is COC(=O)CCC1=C(C)C2=NC1=CC1=NC(=CC3=C(O)C(C)(C)C(=CC4=NC(=C2)C(C)=C4C)N3)C(C)=C1CCC(=O)OC. The molecule has 0 radical (unpaired) electrons. The second kappa shape index (κ2) is 11.3. The highest BCUT2D eigenvalue weighted by molar-refractivity contribution is 6.18. The zero-order valence-electron chi connectivity index (χ0n) is 26.1. The number of ether oxygens (including phenoxy) is 2. The Bertz CT molecular complexity index is 1700. The molecule has 0 saturated carbocycles. The Balaban J connectivity index is 1.73. The first-order valence-electron chi connectivity index (χ1n) is 14.4. The number of hydrogen-bond acceptors (Lipinski definition) is 9. The van der Waals surface area contributed by atoms with Gasteiger partial charge in [0.05, 0.1) is 59.6 Å². The van der Waals surface area contributed by atoms with Crippen LogP contribution in [0.3, 0.4) is 0 Å². The third-order valence-corrected chi connectivity index (χ3v) is 8.86. The van der Waals surface area contributed by atoms with E-state index in [0.29, 0.717) is 35.6 Å². The highest BCUT2D eigenvalue weighted by Gasteiger charge is 2.38. The minimum Gasteiger partial charge on any atom is -0.509 e. The second-order valence-corrected chi connectivity index (χ2v) is 11.8. The Labute approximate surface area is 252 Å². The van der Waals surface area contributed by atoms with Crippen LogP contribution in [0.25, 0.3) is 0 Å². The second-order valence-electron chi connectivity index (χ2n) is 11.8. The summed E-state index contributed by atoms with van der Waals surface area (Å²) in [4.78, 5) is 39.2. The summed E-state index contributed by atoms with van der Waals surface area (Å²) in [7, 11) is 2.76. The monoisotopic (exact) mass is 582 g/mol. The highest BCUT2D eigenvalue weighted by atomic mass is 16.5. The zero-order chi connectivity index (χ0) is 31.2. The molecule has 0 aromatic carbocycles. The van der Waals surface area contributed by atoms with Crippen LogP contribution >= 0.6 is 0 Å². The number of carbonyl (C=O) groups is 2. The van der Waals surface area contributed by atoms with Crippen molar-refractivity contribution in [2.45, 2.75) is 67.2 Å². The van der Waals surface area contributed by atoms with E-state index in [1.54, 1.807) is 0 Å². The van der Waals surface area contributed by atoms with E-state index in [1.165, 1.54) is 14.2 Å². The molecule has 8 bridgehead atoms. The third-order valence-electron chi connectivity index (χ3n) is 8.86. The van der Waals surface area contributed by atoms with Crippen molar-refractivity contribution in [3.63, 3.8) is 0 Å². The van der Waals surface area contributed by atoms with E-state index < -0.39 is 5.41 Å². The molecule has 0 aromatic heterocycles. The molecule has 0 aromatic rings. The summed E-state index contributed by atoms with van der Waals surface area (Å²) < 4.78 is 9.83. The van der Waals surface area contributed by atoms with Gasteiger partial charge in [-0.25, -0.2) is 15.0 Å². The third kappa shape index (κ3) is 5.40. The number of nitrogens with zero attached hydrogens (tertiary/aromatic N) is 3. The van der Waals surface area contributed by atoms with Crippen molar-refractivity contribution in [1.29, 1.82) is 0 Å². The van der Waals surface area contributed by atoms with Gasteiger partial charge in [0.2, 0.25) is 0 Å². The van der Waals surface area contributed by atoms with Crippen LogP contribution < -0.4 is 5.32 Å². The first-order chi connectivity index (χ1) is 20.3. The first-order valence-corrected chi connectivity index (χ1v) is 14.4. The van der Waals surface area contributed by atoms with Crippen LogP contribution in [-0.2, 0) is 19.1 Å². The van der Waals surface area contributed by atoms with Crippen molar-refractivity contribution in [1.82, 2.24) is 5.32 Å². The maximum atomic E-state index is 12.1. The fourth-order valence-electron chi connectivity index (χ4n) is 5.71. The lowest BCUT2D eigenvalue weighted by Crippen LogP contribution is -2.19. The maximum absolute atomic E-state index is 12.1. The van der Waals surface area contributed by atoms with Gasteiger partial charge >= 0.3 is 11.9 Å². The van der Waals surface area contributed by atoms with Gasteiger partial charge in [0.15, 0.2) is 0 Å². The quantitative estimate of drug-likeness (QED) is 0.361. The van der Waals surface area contributed by atoms with Crippen molar-refractivity contribution in [3.8, 4) is 0 Å². The van der Waals surface area contributed by atoms with Gasteiger partial charge in [0.25, 0.3) is 0 Å². The normalized spacial score (nSPS) is 20.8. The number of fused-ring (bicyclic) bond motifs is 5. The standard InChI is InChI=1S/C34H38N4O5/c1-17-18(2)26-16-30-34(5,6)33(41)29(38-30)14-25-20(4)22(10-12-32(40)43-8)28(37-25)15-27-21(9-11-31(39)42-7)19(3)24(36-27)13-23(17)35-26/h13-16,38,41H,9-12H2,1-8H3. The molecule has 0 saturated heterocycles. The lowest BCUT2D eigenvalue weighted by Gasteiger charge is -2.20. The number of aliphatic hydroxyl groups excluding tert-OH is 1. The number of hydrogen-bond donors (Lipinski definition) is 2. The minimum absolute atomic E-state index is 0.195. The average molecular weight is 583 g/mol. The van der Waals surface area contributed by atoms with Gasteiger partial charge < -0.3 is 19.9 Å². The topological polar surface area (TPSA) is 122 Å². The summed E-state index contributed by atoms with van der Waals surface area (Å²) in [6, 6.07) is 0. The summed E-state index contributed by atoms with van der Waals surface area (Å²) >= 11 is 0. The van der Waals surface area contributed by atoms with Crippen molar-refractivity contribution >= 4 is 29.1 Å². The van der Waals surface area contributed by atoms with Gasteiger partial charge in [-0.3, -0.25) is 9.59 Å². The summed E-state index contributed by atoms with van der Waals surface area (Å²) in [5.41, 5.74) is 11.0. The lowest BCUT2D eigenvalue weighted by molar-refractivity contribution is -0.141. The van der Waals surface area contributed by atoms with Gasteiger partial charge in [0, 0.05) is 18.5 Å². The van der Waals surface area contributed by atoms with E-state index in [4.69, 9.17) is 24.5 Å². The number of rotatable bonds is 6. The number of allylic oxidation sites excluding steroid dienone is 10. The number of methoxy groups -OCH3 is 2. The average Bonchev–Trinajstić information content (AvgIpc) is 3.59. The van der Waals surface area contributed by atoms with Gasteiger partial charge in [-0.1, -0.05) is 0 Å². The van der Waals surface area contributed by atoms with Crippen molar-refractivity contribution in [2.75, 3.05) is 14.2 Å². The van der Waals surface area contributed by atoms with Crippen LogP contribution in [-0.4, -0.2) is 48.4 Å². The molecule has 9 nitrogen and oxygen atoms in total. The molecule has 224 valence electrons. The maximum Gasteiger partial charge on any atom is 0.305 e. The van der Waals surface area contributed by atoms with Gasteiger partial charge in [-0.15, -0.1) is 0 Å². The molecule has 0 unspecified atom stereocenters. The molecule has 0 aliphatic carbocycles. The molecule has 9 heteroatoms. The molecule has 0 fully saturated rings. The van der Waals surface area contributed by atoms with E-state index in [2.05, 4.69) is 5.32 Å². The van der Waals surface area contributed by atoms with E-state index in [0.717, 1.165) is 56.3 Å². The number of nitrogens with one attached hydrogen (secondary N) is 1. The Kier molecular flexibility index (Phi) is 7.86. The Morgan fingerprint density at radius 1 is 0.721 bits per heavy atom. The van der Waals surface area contributed by atoms with Crippen LogP contribution in [0.1, 0.15) is 67.2 Å². The first kappa shape index (κ1) is 29.9. The Hall–Kier alpha value is -4.53. The Morgan fingerprint density at radius 2 is 1.26 bits per heavy atom. The minimum atomic E-state index is -0.668. The van der Waals surface area contributed by atoms with Crippen LogP contribution in [0.2, 0.25) is 0 Å².